The molecule has 2 amide bonds. The van der Waals surface area contributed by atoms with Crippen LogP contribution in [0, 0.1) is 0 Å². The predicted octanol–water partition coefficient (Wildman–Crippen LogP) is 18.8. The molecule has 2 heterocycles. The van der Waals surface area contributed by atoms with Gasteiger partial charge >= 0.3 is 0 Å². The van der Waals surface area contributed by atoms with Crippen LogP contribution in [0.15, 0.2) is 190 Å². The molecule has 0 saturated carbocycles. The van der Waals surface area contributed by atoms with E-state index in [2.05, 4.69) is 25.7 Å². The van der Waals surface area contributed by atoms with Gasteiger partial charge in [0.05, 0.1) is 33.8 Å². The minimum Gasteiger partial charge on any atom is -0.504 e. The van der Waals surface area contributed by atoms with Gasteiger partial charge in [0, 0.05) is 86.4 Å². The summed E-state index contributed by atoms with van der Waals surface area (Å²) in [5, 5.41) is 57.7. The maximum Gasteiger partial charge on any atom is 0.256 e. The number of aromatic amines is 2. The van der Waals surface area contributed by atoms with Gasteiger partial charge in [-0.3, -0.25) is 14.4 Å². The number of phenols is 2. The van der Waals surface area contributed by atoms with Gasteiger partial charge in [0.25, 0.3) is 11.8 Å². The van der Waals surface area contributed by atoms with Crippen molar-refractivity contribution < 1.29 is 24.6 Å². The number of anilines is 2. The Hall–Kier alpha value is -10.2. The molecule has 0 bridgehead atoms. The van der Waals surface area contributed by atoms with Crippen molar-refractivity contribution in [2.24, 2.45) is 20.5 Å². The molecule has 0 unspecified atom stereocenters. The molecule has 1 aliphatic carbocycles. The molecule has 0 fully saturated rings. The molecule has 396 valence electrons. The number of hydrogen-bond acceptors (Lipinski definition) is 9. The van der Waals surface area contributed by atoms with Gasteiger partial charge in [0.15, 0.2) is 17.3 Å². The second-order valence-corrected chi connectivity index (χ2v) is 21.2. The van der Waals surface area contributed by atoms with Crippen LogP contribution in [-0.4, -0.2) is 37.8 Å². The number of nitrogens with zero attached hydrogens (tertiary/aromatic N) is 4. The first-order valence-electron chi connectivity index (χ1n) is 26.6. The largest absolute Gasteiger partial charge is 0.504 e. The van der Waals surface area contributed by atoms with Crippen LogP contribution in [0.3, 0.4) is 0 Å². The lowest BCUT2D eigenvalue weighted by molar-refractivity contribution is 0.101. The average molecular weight is 1110 g/mol. The maximum atomic E-state index is 14.8. The van der Waals surface area contributed by atoms with Crippen molar-refractivity contribution in [2.75, 3.05) is 10.6 Å². The fraction of sp³-hybridized carbons (Fsp3) is 0.0597. The third-order valence-electron chi connectivity index (χ3n) is 15.7. The molecule has 15 heteroatoms. The highest BCUT2D eigenvalue weighted by Gasteiger charge is 2.28. The van der Waals surface area contributed by atoms with Crippen LogP contribution < -0.4 is 10.6 Å². The van der Waals surface area contributed by atoms with Gasteiger partial charge < -0.3 is 30.8 Å². The van der Waals surface area contributed by atoms with E-state index in [1.165, 1.54) is 0 Å². The van der Waals surface area contributed by atoms with E-state index >= 15 is 0 Å². The quantitative estimate of drug-likeness (QED) is 0.0584. The predicted molar refractivity (Wildman–Crippen MR) is 329 cm³/mol. The van der Waals surface area contributed by atoms with E-state index in [0.717, 1.165) is 49.3 Å². The molecule has 0 radical (unpaired) electrons. The Bertz CT molecular complexity index is 5040. The van der Waals surface area contributed by atoms with Crippen LogP contribution in [0.25, 0.3) is 87.1 Å². The first-order chi connectivity index (χ1) is 39.9. The van der Waals surface area contributed by atoms with E-state index in [1.54, 1.807) is 72.8 Å². The molecule has 2 aromatic heterocycles. The minimum absolute atomic E-state index is 0.104. The van der Waals surface area contributed by atoms with E-state index in [4.69, 9.17) is 38.5 Å². The summed E-state index contributed by atoms with van der Waals surface area (Å²) in [7, 11) is 0. The molecule has 0 saturated heterocycles. The zero-order chi connectivity index (χ0) is 56.1. The molecule has 13 nitrogen and oxygen atoms in total. The highest BCUT2D eigenvalue weighted by atomic mass is 35.5. The number of azo groups is 2. The van der Waals surface area contributed by atoms with Gasteiger partial charge in [0.1, 0.15) is 11.4 Å². The van der Waals surface area contributed by atoms with Gasteiger partial charge in [-0.15, -0.1) is 15.3 Å². The summed E-state index contributed by atoms with van der Waals surface area (Å²) < 4.78 is 0. The lowest BCUT2D eigenvalue weighted by atomic mass is 9.82. The monoisotopic (exact) mass is 1110 g/mol. The molecular weight excluding hydrogens is 1070 g/mol. The lowest BCUT2D eigenvalue weighted by Gasteiger charge is -2.20. The van der Waals surface area contributed by atoms with Crippen molar-refractivity contribution in [1.29, 1.82) is 0 Å². The molecule has 1 aliphatic rings. The minimum atomic E-state index is -0.386. The fourth-order valence-electron chi connectivity index (χ4n) is 11.7. The Kier molecular flexibility index (Phi) is 11.9. The molecular formula is C67H44Cl2N8O5. The summed E-state index contributed by atoms with van der Waals surface area (Å²) in [6, 6.07) is 51.5. The SMILES string of the molecule is CCc1ccccc1C(=O)Nc1cc2ccc3c4cc(Cl)ccc4[nH]c3c2c(N=Nc2ccc3c(c2)C(=O)c2cccc4c(N=Nc5c(O)c(NC(=O)c6ccccc6CC)cc6ccc7c8cc(Cl)ccc8[nH]c7c56)ccc-3c24)c1O. The number of fused-ring (bicyclic) bond motifs is 12. The smallest absolute Gasteiger partial charge is 0.256 e. The zero-order valence-corrected chi connectivity index (χ0v) is 45.3. The number of H-pyrrole nitrogens is 2. The Morgan fingerprint density at radius 2 is 1.01 bits per heavy atom. The van der Waals surface area contributed by atoms with Crippen LogP contribution in [0.1, 0.15) is 61.6 Å². The van der Waals surface area contributed by atoms with E-state index < -0.39 is 0 Å². The van der Waals surface area contributed by atoms with Gasteiger partial charge in [-0.2, -0.15) is 5.11 Å². The molecule has 6 N–H and O–H groups in total. The maximum absolute atomic E-state index is 14.8. The zero-order valence-electron chi connectivity index (χ0n) is 43.7. The number of rotatable bonds is 10. The van der Waals surface area contributed by atoms with Crippen LogP contribution in [0.4, 0.5) is 34.1 Å². The van der Waals surface area contributed by atoms with E-state index in [9.17, 15) is 24.6 Å². The molecule has 0 aliphatic heterocycles. The number of ketones is 1. The number of hydrogen-bond donors (Lipinski definition) is 6. The number of aryl methyl sites for hydroxylation is 2. The summed E-state index contributed by atoms with van der Waals surface area (Å²) in [4.78, 5) is 49.5. The Morgan fingerprint density at radius 3 is 1.57 bits per heavy atom. The fourth-order valence-corrected chi connectivity index (χ4v) is 12.1. The first-order valence-corrected chi connectivity index (χ1v) is 27.4. The highest BCUT2D eigenvalue weighted by Crippen LogP contribution is 2.50. The van der Waals surface area contributed by atoms with Crippen molar-refractivity contribution in [1.82, 2.24) is 9.97 Å². The lowest BCUT2D eigenvalue weighted by Crippen LogP contribution is -2.14. The number of amides is 2. The van der Waals surface area contributed by atoms with E-state index in [0.29, 0.717) is 105 Å². The number of halogens is 2. The summed E-state index contributed by atoms with van der Waals surface area (Å²) >= 11 is 12.9. The topological polar surface area (TPSA) is 197 Å². The molecule has 14 rings (SSSR count). The summed E-state index contributed by atoms with van der Waals surface area (Å²) in [5.74, 6) is -1.59. The van der Waals surface area contributed by atoms with Crippen LogP contribution >= 0.6 is 23.2 Å². The Labute approximate surface area is 476 Å². The number of nitrogens with one attached hydrogen (secondary N) is 4. The molecule has 82 heavy (non-hydrogen) atoms. The normalized spacial score (nSPS) is 12.4. The highest BCUT2D eigenvalue weighted by molar-refractivity contribution is 6.33. The number of aromatic hydroxyl groups is 2. The standard InChI is InChI=1S/C67H44Cl2N8O5/c1-3-33-10-5-7-12-40(33)66(81)72-54-28-35-16-21-44-48-30-37(68)18-25-51(48)70-59(44)56(35)61(64(54)79)76-74-39-20-23-42-43-24-27-53(46-14-9-15-47(58(43)46)63(78)50(42)32-39)75-77-62-57-36(17-22-45-49-31-38(69)19-26-52(49)71-60(45)57)29-55(65(62)80)73-67(82)41-13-8-6-11-34(41)4-2/h5-32,70-71,79-80H,3-4H2,1-2H3,(H,72,81)(H,73,82). The summed E-state index contributed by atoms with van der Waals surface area (Å²) in [6.45, 7) is 3.96. The van der Waals surface area contributed by atoms with Crippen molar-refractivity contribution in [3.63, 3.8) is 0 Å². The van der Waals surface area contributed by atoms with Gasteiger partial charge in [-0.05, 0) is 125 Å². The van der Waals surface area contributed by atoms with Crippen molar-refractivity contribution in [2.45, 2.75) is 26.7 Å². The molecule has 11 aromatic carbocycles. The second-order valence-electron chi connectivity index (χ2n) is 20.3. The van der Waals surface area contributed by atoms with Crippen LogP contribution in [0.5, 0.6) is 11.5 Å². The summed E-state index contributed by atoms with van der Waals surface area (Å²) in [6.07, 6.45) is 1.28. The third kappa shape index (κ3) is 8.11. The first kappa shape index (κ1) is 50.0. The number of phenolic OH excluding ortho intramolecular Hbond substituents is 2. The molecule has 0 atom stereocenters. The Balaban J connectivity index is 0.858. The van der Waals surface area contributed by atoms with Crippen LogP contribution in [0.2, 0.25) is 10.0 Å². The van der Waals surface area contributed by atoms with Gasteiger partial charge in [-0.1, -0.05) is 128 Å². The summed E-state index contributed by atoms with van der Waals surface area (Å²) in [5.41, 5.74) is 9.31. The number of benzene rings is 11. The number of carbonyl (C=O) groups excluding carboxylic acids is 3. The molecule has 0 spiro atoms. The second kappa shape index (κ2) is 19.6. The van der Waals surface area contributed by atoms with E-state index in [1.807, 2.05) is 111 Å². The number of carbonyl (C=O) groups is 3. The Morgan fingerprint density at radius 1 is 0.476 bits per heavy atom. The average Bonchev–Trinajstić information content (AvgIpc) is 4.19. The van der Waals surface area contributed by atoms with Gasteiger partial charge in [-0.25, -0.2) is 0 Å². The van der Waals surface area contributed by atoms with Crippen molar-refractivity contribution in [3.8, 4) is 22.6 Å². The number of aromatic nitrogens is 2. The van der Waals surface area contributed by atoms with Gasteiger partial charge in [0.2, 0.25) is 0 Å². The third-order valence-corrected chi connectivity index (χ3v) is 16.1. The van der Waals surface area contributed by atoms with Crippen LogP contribution in [-0.2, 0) is 12.8 Å². The van der Waals surface area contributed by atoms with Crippen molar-refractivity contribution in [3.05, 3.63) is 213 Å². The van der Waals surface area contributed by atoms with E-state index in [-0.39, 0.29) is 51.8 Å². The molecule has 13 aromatic rings. The van der Waals surface area contributed by atoms with Crippen molar-refractivity contribution >= 4 is 151 Å².